The number of anilines is 2. The molecule has 224 valence electrons. The summed E-state index contributed by atoms with van der Waals surface area (Å²) < 4.78 is 101. The third kappa shape index (κ3) is 8.50. The molecule has 0 fully saturated rings. The monoisotopic (exact) mass is 608 g/mol. The number of rotatable bonds is 11. The number of halogens is 5. The number of nitrogens with two attached hydrogens (primary N) is 1. The van der Waals surface area contributed by atoms with Gasteiger partial charge in [-0.05, 0) is 31.0 Å². The Kier molecular flexibility index (Phi) is 11.0. The van der Waals surface area contributed by atoms with Crippen molar-refractivity contribution in [2.45, 2.75) is 37.6 Å². The molecule has 6 N–H and O–H groups in total. The molecule has 0 saturated heterocycles. The van der Waals surface area contributed by atoms with Crippen molar-refractivity contribution in [2.75, 3.05) is 23.7 Å². The van der Waals surface area contributed by atoms with E-state index in [0.717, 1.165) is 25.1 Å². The third-order valence-corrected chi connectivity index (χ3v) is 6.48. The van der Waals surface area contributed by atoms with Gasteiger partial charge in [0.05, 0.1) is 18.5 Å². The Morgan fingerprint density at radius 1 is 0.976 bits per heavy atom. The molecule has 2 aromatic rings. The fourth-order valence-corrected chi connectivity index (χ4v) is 4.54. The van der Waals surface area contributed by atoms with Gasteiger partial charge in [0.25, 0.3) is 10.0 Å². The van der Waals surface area contributed by atoms with Crippen LogP contribution in [0, 0.1) is 29.1 Å². The van der Waals surface area contributed by atoms with Crippen molar-refractivity contribution in [1.29, 1.82) is 0 Å². The van der Waals surface area contributed by atoms with Crippen LogP contribution in [0.3, 0.4) is 0 Å². The lowest BCUT2D eigenvalue weighted by Gasteiger charge is -2.19. The number of nitrogens with one attached hydrogen (secondary N) is 4. The second kappa shape index (κ2) is 13.7. The van der Waals surface area contributed by atoms with Crippen molar-refractivity contribution < 1.29 is 49.5 Å². The van der Waals surface area contributed by atoms with Crippen LogP contribution < -0.4 is 31.1 Å². The van der Waals surface area contributed by atoms with E-state index in [0.29, 0.717) is 0 Å². The molecule has 0 heterocycles. The highest BCUT2D eigenvalue weighted by atomic mass is 32.2. The van der Waals surface area contributed by atoms with Crippen LogP contribution in [-0.4, -0.2) is 51.8 Å². The molecule has 41 heavy (non-hydrogen) atoms. The maximum Gasteiger partial charge on any atom is 0.267 e. The molecule has 0 bridgehead atoms. The van der Waals surface area contributed by atoms with Crippen molar-refractivity contribution in [3.05, 3.63) is 47.3 Å². The molecule has 0 aliphatic carbocycles. The zero-order valence-corrected chi connectivity index (χ0v) is 22.5. The van der Waals surface area contributed by atoms with E-state index in [1.54, 1.807) is 4.72 Å². The van der Waals surface area contributed by atoms with E-state index in [1.807, 2.05) is 0 Å². The normalized spacial score (nSPS) is 12.3. The molecule has 0 aromatic heterocycles. The number of sulfonamides is 1. The van der Waals surface area contributed by atoms with Crippen molar-refractivity contribution in [2.24, 2.45) is 10.7 Å². The molecule has 2 aromatic carbocycles. The second-order valence-corrected chi connectivity index (χ2v) is 9.87. The Hall–Kier alpha value is -4.48. The van der Waals surface area contributed by atoms with E-state index in [4.69, 9.17) is 10.5 Å². The van der Waals surface area contributed by atoms with Gasteiger partial charge >= 0.3 is 0 Å². The van der Waals surface area contributed by atoms with E-state index in [2.05, 4.69) is 20.9 Å². The predicted molar refractivity (Wildman–Crippen MR) is 136 cm³/mol. The zero-order chi connectivity index (χ0) is 31.1. The number of methoxy groups -OCH3 is 1. The Bertz CT molecular complexity index is 1460. The summed E-state index contributed by atoms with van der Waals surface area (Å²) in [5.41, 5.74) is 4.87. The standard InChI is InChI=1S/C23H25F5N6O6S/c1-10(35)31-13(5-4-8-30-23(29)32-11(2)36)22(37)33-14-9-12(6-7-15(14)40-3)34-41(38,39)21-19(27)17(25)16(24)18(26)20(21)28/h6-7,9,13,34H,4-5,8H2,1-3H3,(H,31,35)(H,33,37)(H3,29,30,32,36)/t13-/m1/s1. The molecule has 0 radical (unpaired) electrons. The lowest BCUT2D eigenvalue weighted by molar-refractivity contribution is -0.125. The maximum atomic E-state index is 14.1. The predicted octanol–water partition coefficient (Wildman–Crippen LogP) is 1.87. The first kappa shape index (κ1) is 32.7. The Labute approximate surface area is 230 Å². The van der Waals surface area contributed by atoms with Gasteiger partial charge in [0.1, 0.15) is 11.8 Å². The maximum absolute atomic E-state index is 14.1. The van der Waals surface area contributed by atoms with Crippen molar-refractivity contribution >= 4 is 45.1 Å². The van der Waals surface area contributed by atoms with Gasteiger partial charge in [0, 0.05) is 20.4 Å². The molecule has 12 nitrogen and oxygen atoms in total. The number of carbonyl (C=O) groups excluding carboxylic acids is 3. The molecule has 18 heteroatoms. The fourth-order valence-electron chi connectivity index (χ4n) is 3.34. The quantitative estimate of drug-likeness (QED) is 0.0645. The number of carbonyl (C=O) groups is 3. The van der Waals surface area contributed by atoms with Crippen LogP contribution in [0.25, 0.3) is 0 Å². The Morgan fingerprint density at radius 3 is 2.10 bits per heavy atom. The van der Waals surface area contributed by atoms with Crippen molar-refractivity contribution in [3.63, 3.8) is 0 Å². The van der Waals surface area contributed by atoms with Gasteiger partial charge in [0.15, 0.2) is 34.1 Å². The number of ether oxygens (including phenoxy) is 1. The van der Waals surface area contributed by atoms with Gasteiger partial charge < -0.3 is 21.1 Å². The van der Waals surface area contributed by atoms with E-state index in [-0.39, 0.29) is 36.8 Å². The first-order valence-electron chi connectivity index (χ1n) is 11.5. The molecule has 0 spiro atoms. The van der Waals surface area contributed by atoms with Crippen molar-refractivity contribution in [1.82, 2.24) is 10.6 Å². The molecule has 0 unspecified atom stereocenters. The van der Waals surface area contributed by atoms with Gasteiger partial charge in [-0.3, -0.25) is 29.4 Å². The summed E-state index contributed by atoms with van der Waals surface area (Å²) >= 11 is 0. The summed E-state index contributed by atoms with van der Waals surface area (Å²) in [6.45, 7) is 2.46. The lowest BCUT2D eigenvalue weighted by atomic mass is 10.1. The van der Waals surface area contributed by atoms with E-state index >= 15 is 0 Å². The minimum atomic E-state index is -5.37. The van der Waals surface area contributed by atoms with Gasteiger partial charge in [-0.25, -0.2) is 30.4 Å². The topological polar surface area (TPSA) is 181 Å². The first-order chi connectivity index (χ1) is 19.1. The average molecular weight is 609 g/mol. The summed E-state index contributed by atoms with van der Waals surface area (Å²) in [6.07, 6.45) is 0.259. The van der Waals surface area contributed by atoms with Crippen molar-refractivity contribution in [3.8, 4) is 5.75 Å². The van der Waals surface area contributed by atoms with E-state index in [1.165, 1.54) is 14.0 Å². The highest BCUT2D eigenvalue weighted by Crippen LogP contribution is 2.32. The zero-order valence-electron chi connectivity index (χ0n) is 21.7. The SMILES string of the molecule is COc1ccc(NS(=O)(=O)c2c(F)c(F)c(F)c(F)c2F)cc1NC(=O)[C@@H](CCCN=C(N)NC(C)=O)NC(C)=O. The molecule has 1 atom stereocenters. The number of amides is 3. The summed E-state index contributed by atoms with van der Waals surface area (Å²) in [7, 11) is -4.17. The summed E-state index contributed by atoms with van der Waals surface area (Å²) in [6, 6.07) is 1.98. The molecule has 0 aliphatic heterocycles. The fraction of sp³-hybridized carbons (Fsp3) is 0.304. The number of benzene rings is 2. The number of nitrogens with zero attached hydrogens (tertiary/aromatic N) is 1. The first-order valence-corrected chi connectivity index (χ1v) is 12.9. The van der Waals surface area contributed by atoms with Crippen LogP contribution in [0.1, 0.15) is 26.7 Å². The lowest BCUT2D eigenvalue weighted by Crippen LogP contribution is -2.43. The number of hydrogen-bond donors (Lipinski definition) is 5. The van der Waals surface area contributed by atoms with Crippen LogP contribution in [0.4, 0.5) is 33.3 Å². The minimum absolute atomic E-state index is 0.0215. The average Bonchev–Trinajstić information content (AvgIpc) is 2.87. The summed E-state index contributed by atoms with van der Waals surface area (Å²) in [5.74, 6) is -14.6. The molecule has 0 aliphatic rings. The highest BCUT2D eigenvalue weighted by molar-refractivity contribution is 7.92. The van der Waals surface area contributed by atoms with Crippen LogP contribution in [0.2, 0.25) is 0 Å². The summed E-state index contributed by atoms with van der Waals surface area (Å²) in [4.78, 5) is 37.4. The highest BCUT2D eigenvalue weighted by Gasteiger charge is 2.34. The number of aliphatic imine (C=N–C) groups is 1. The van der Waals surface area contributed by atoms with E-state index < -0.39 is 73.5 Å². The van der Waals surface area contributed by atoms with Crippen LogP contribution in [0.15, 0.2) is 28.1 Å². The minimum Gasteiger partial charge on any atom is -0.495 e. The summed E-state index contributed by atoms with van der Waals surface area (Å²) in [5, 5.41) is 7.09. The second-order valence-electron chi connectivity index (χ2n) is 8.25. The number of guanidine groups is 1. The molecule has 3 amide bonds. The number of hydrogen-bond acceptors (Lipinski definition) is 7. The largest absolute Gasteiger partial charge is 0.495 e. The van der Waals surface area contributed by atoms with E-state index in [9.17, 15) is 44.8 Å². The van der Waals surface area contributed by atoms with Gasteiger partial charge in [0.2, 0.25) is 23.5 Å². The van der Waals surface area contributed by atoms with Crippen LogP contribution in [-0.2, 0) is 24.4 Å². The van der Waals surface area contributed by atoms with Gasteiger partial charge in [-0.15, -0.1) is 0 Å². The molecular weight excluding hydrogens is 583 g/mol. The van der Waals surface area contributed by atoms with Gasteiger partial charge in [-0.1, -0.05) is 0 Å². The Morgan fingerprint density at radius 2 is 1.56 bits per heavy atom. The van der Waals surface area contributed by atoms with Crippen LogP contribution in [0.5, 0.6) is 5.75 Å². The molecule has 0 saturated carbocycles. The Balaban J connectivity index is 2.30. The third-order valence-electron chi connectivity index (χ3n) is 5.08. The van der Waals surface area contributed by atoms with Gasteiger partial charge in [-0.2, -0.15) is 0 Å². The smallest absolute Gasteiger partial charge is 0.267 e. The van der Waals surface area contributed by atoms with Crippen LogP contribution >= 0.6 is 0 Å². The molecular formula is C23H25F5N6O6S. The molecule has 2 rings (SSSR count).